The Labute approximate surface area is 125 Å². The summed E-state index contributed by atoms with van der Waals surface area (Å²) in [5.74, 6) is 1.66. The lowest BCUT2D eigenvalue weighted by molar-refractivity contribution is -0.131. The fraction of sp³-hybridized carbons (Fsp3) is 0.562. The zero-order valence-electron chi connectivity index (χ0n) is 12.3. The van der Waals surface area contributed by atoms with Gasteiger partial charge in [-0.1, -0.05) is 12.2 Å². The van der Waals surface area contributed by atoms with Crippen molar-refractivity contribution in [2.24, 2.45) is 5.92 Å². The largest absolute Gasteiger partial charge is 0.353 e. The van der Waals surface area contributed by atoms with Gasteiger partial charge in [-0.15, -0.1) is 5.10 Å². The number of rotatable bonds is 3. The number of nitrogens with zero attached hydrogens (tertiary/aromatic N) is 4. The van der Waals surface area contributed by atoms with Crippen LogP contribution in [0.1, 0.15) is 25.7 Å². The maximum atomic E-state index is 12.4. The van der Waals surface area contributed by atoms with Gasteiger partial charge >= 0.3 is 0 Å². The average molecular weight is 286 g/mol. The average Bonchev–Trinajstić information content (AvgIpc) is 2.89. The molecule has 112 valence electrons. The minimum atomic E-state index is 0.299. The summed E-state index contributed by atoms with van der Waals surface area (Å²) in [6.45, 7) is 3.41. The van der Waals surface area contributed by atoms with Crippen LogP contribution in [0.2, 0.25) is 0 Å². The van der Waals surface area contributed by atoms with Gasteiger partial charge in [-0.2, -0.15) is 5.10 Å². The molecule has 0 N–H and O–H groups in total. The molecule has 5 heteroatoms. The summed E-state index contributed by atoms with van der Waals surface area (Å²) in [4.78, 5) is 16.6. The first kappa shape index (κ1) is 14.0. The van der Waals surface area contributed by atoms with Crippen LogP contribution in [-0.2, 0) is 4.79 Å². The normalized spacial score (nSPS) is 22.4. The summed E-state index contributed by atoms with van der Waals surface area (Å²) in [5.41, 5.74) is 0. The molecule has 1 aromatic rings. The fourth-order valence-electron chi connectivity index (χ4n) is 3.08. The number of carbonyl (C=O) groups is 1. The van der Waals surface area contributed by atoms with E-state index in [9.17, 15) is 4.79 Å². The molecule has 0 aromatic carbocycles. The second kappa shape index (κ2) is 6.70. The Hall–Kier alpha value is -1.91. The Kier molecular flexibility index (Phi) is 4.48. The molecular formula is C16H22N4O. The monoisotopic (exact) mass is 286 g/mol. The number of hydrogen-bond donors (Lipinski definition) is 0. The van der Waals surface area contributed by atoms with Gasteiger partial charge < -0.3 is 9.80 Å². The molecule has 1 aromatic heterocycles. The van der Waals surface area contributed by atoms with Crippen molar-refractivity contribution in [3.05, 3.63) is 30.5 Å². The van der Waals surface area contributed by atoms with Crippen LogP contribution in [0.25, 0.3) is 0 Å². The highest BCUT2D eigenvalue weighted by atomic mass is 16.2. The van der Waals surface area contributed by atoms with Gasteiger partial charge in [-0.25, -0.2) is 0 Å². The van der Waals surface area contributed by atoms with Gasteiger partial charge in [0.05, 0.1) is 0 Å². The van der Waals surface area contributed by atoms with E-state index in [1.54, 1.807) is 6.20 Å². The van der Waals surface area contributed by atoms with E-state index in [1.165, 1.54) is 0 Å². The van der Waals surface area contributed by atoms with Crippen LogP contribution in [0.4, 0.5) is 5.82 Å². The summed E-state index contributed by atoms with van der Waals surface area (Å²) in [6, 6.07) is 3.89. The molecule has 0 spiro atoms. The topological polar surface area (TPSA) is 49.3 Å². The van der Waals surface area contributed by atoms with Gasteiger partial charge in [0.1, 0.15) is 0 Å². The van der Waals surface area contributed by atoms with E-state index in [2.05, 4.69) is 27.2 Å². The third kappa shape index (κ3) is 3.60. The van der Waals surface area contributed by atoms with Crippen molar-refractivity contribution in [1.29, 1.82) is 0 Å². The molecule has 21 heavy (non-hydrogen) atoms. The lowest BCUT2D eigenvalue weighted by Crippen LogP contribution is -2.36. The van der Waals surface area contributed by atoms with Crippen molar-refractivity contribution >= 4 is 11.7 Å². The Morgan fingerprint density at radius 1 is 1.29 bits per heavy atom. The summed E-state index contributed by atoms with van der Waals surface area (Å²) in [5, 5.41) is 8.09. The number of anilines is 1. The lowest BCUT2D eigenvalue weighted by atomic mass is 10.0. The molecule has 1 saturated heterocycles. The smallest absolute Gasteiger partial charge is 0.223 e. The highest BCUT2D eigenvalue weighted by Gasteiger charge is 2.22. The zero-order valence-corrected chi connectivity index (χ0v) is 12.3. The molecule has 0 unspecified atom stereocenters. The second-order valence-corrected chi connectivity index (χ2v) is 5.77. The predicted octanol–water partition coefficient (Wildman–Crippen LogP) is 1.87. The van der Waals surface area contributed by atoms with Gasteiger partial charge in [0, 0.05) is 38.8 Å². The van der Waals surface area contributed by atoms with Crippen molar-refractivity contribution in [2.75, 3.05) is 31.1 Å². The lowest BCUT2D eigenvalue weighted by Gasteiger charge is -2.23. The van der Waals surface area contributed by atoms with E-state index >= 15 is 0 Å². The van der Waals surface area contributed by atoms with Gasteiger partial charge in [0.25, 0.3) is 0 Å². The van der Waals surface area contributed by atoms with Crippen LogP contribution < -0.4 is 4.90 Å². The molecule has 0 saturated carbocycles. The minimum Gasteiger partial charge on any atom is -0.353 e. The molecule has 0 radical (unpaired) electrons. The van der Waals surface area contributed by atoms with Crippen LogP contribution in [0.15, 0.2) is 30.5 Å². The molecule has 1 aliphatic heterocycles. The minimum absolute atomic E-state index is 0.299. The molecule has 5 nitrogen and oxygen atoms in total. The Bertz CT molecular complexity index is 502. The summed E-state index contributed by atoms with van der Waals surface area (Å²) < 4.78 is 0. The molecule has 1 fully saturated rings. The molecule has 1 amide bonds. The van der Waals surface area contributed by atoms with Crippen molar-refractivity contribution in [2.45, 2.75) is 25.7 Å². The number of allylic oxidation sites excluding steroid dienone is 2. The van der Waals surface area contributed by atoms with Crippen LogP contribution in [0.3, 0.4) is 0 Å². The number of hydrogen-bond acceptors (Lipinski definition) is 4. The summed E-state index contributed by atoms with van der Waals surface area (Å²) in [6.07, 6.45) is 9.98. The molecule has 1 aliphatic carbocycles. The number of carbonyl (C=O) groups excluding carboxylic acids is 1. The fourth-order valence-corrected chi connectivity index (χ4v) is 3.08. The van der Waals surface area contributed by atoms with E-state index in [4.69, 9.17) is 0 Å². The highest BCUT2D eigenvalue weighted by Crippen LogP contribution is 2.22. The number of amides is 1. The van der Waals surface area contributed by atoms with Crippen molar-refractivity contribution < 1.29 is 4.79 Å². The van der Waals surface area contributed by atoms with Crippen LogP contribution >= 0.6 is 0 Å². The van der Waals surface area contributed by atoms with Crippen LogP contribution in [-0.4, -0.2) is 47.2 Å². The SMILES string of the molecule is O=C(C[C@@H]1C=CCC1)N1CCCN(c2cccnn2)CC1. The van der Waals surface area contributed by atoms with E-state index in [0.29, 0.717) is 18.2 Å². The van der Waals surface area contributed by atoms with E-state index < -0.39 is 0 Å². The first-order chi connectivity index (χ1) is 10.3. The summed E-state index contributed by atoms with van der Waals surface area (Å²) in [7, 11) is 0. The first-order valence-corrected chi connectivity index (χ1v) is 7.80. The zero-order chi connectivity index (χ0) is 14.5. The molecule has 2 heterocycles. The third-order valence-electron chi connectivity index (χ3n) is 4.28. The van der Waals surface area contributed by atoms with Crippen molar-refractivity contribution in [1.82, 2.24) is 15.1 Å². The molecule has 0 bridgehead atoms. The van der Waals surface area contributed by atoms with Gasteiger partial charge in [0.2, 0.25) is 5.91 Å². The molecule has 3 rings (SSSR count). The Morgan fingerprint density at radius 2 is 2.24 bits per heavy atom. The van der Waals surface area contributed by atoms with Gasteiger partial charge in [0.15, 0.2) is 5.82 Å². The molecule has 1 atom stereocenters. The van der Waals surface area contributed by atoms with Gasteiger partial charge in [-0.05, 0) is 37.3 Å². The predicted molar refractivity (Wildman–Crippen MR) is 81.9 cm³/mol. The quantitative estimate of drug-likeness (QED) is 0.796. The van der Waals surface area contributed by atoms with Crippen molar-refractivity contribution in [3.63, 3.8) is 0 Å². The van der Waals surface area contributed by atoms with Crippen LogP contribution in [0, 0.1) is 5.92 Å². The summed E-state index contributed by atoms with van der Waals surface area (Å²) >= 11 is 0. The number of aromatic nitrogens is 2. The Balaban J connectivity index is 1.55. The highest BCUT2D eigenvalue weighted by molar-refractivity contribution is 5.76. The molecule has 2 aliphatic rings. The third-order valence-corrected chi connectivity index (χ3v) is 4.28. The standard InChI is InChI=1S/C16H22N4O/c21-16(13-14-5-1-2-6-14)20-10-4-9-19(11-12-20)15-7-3-8-17-18-15/h1,3,5,7-8,14H,2,4,6,9-13H2/t14-/m1/s1. The van der Waals surface area contributed by atoms with E-state index in [1.807, 2.05) is 17.0 Å². The first-order valence-electron chi connectivity index (χ1n) is 7.80. The van der Waals surface area contributed by atoms with Crippen LogP contribution in [0.5, 0.6) is 0 Å². The second-order valence-electron chi connectivity index (χ2n) is 5.77. The van der Waals surface area contributed by atoms with E-state index in [-0.39, 0.29) is 0 Å². The van der Waals surface area contributed by atoms with Gasteiger partial charge in [-0.3, -0.25) is 4.79 Å². The Morgan fingerprint density at radius 3 is 3.00 bits per heavy atom. The van der Waals surface area contributed by atoms with E-state index in [0.717, 1.165) is 51.3 Å². The van der Waals surface area contributed by atoms with Crippen molar-refractivity contribution in [3.8, 4) is 0 Å². The maximum absolute atomic E-state index is 12.4. The molecular weight excluding hydrogens is 264 g/mol. The maximum Gasteiger partial charge on any atom is 0.223 e.